The van der Waals surface area contributed by atoms with Crippen LogP contribution in [-0.2, 0) is 0 Å². The van der Waals surface area contributed by atoms with E-state index in [-0.39, 0.29) is 5.75 Å². The van der Waals surface area contributed by atoms with Crippen LogP contribution in [0.4, 0.5) is 0 Å². The lowest BCUT2D eigenvalue weighted by atomic mass is 10.3. The molecule has 0 spiro atoms. The summed E-state index contributed by atoms with van der Waals surface area (Å²) in [6, 6.07) is 7.84. The van der Waals surface area contributed by atoms with E-state index in [1.807, 2.05) is 0 Å². The summed E-state index contributed by atoms with van der Waals surface area (Å²) in [4.78, 5) is 11.4. The van der Waals surface area contributed by atoms with Crippen LogP contribution < -0.4 is 5.56 Å². The summed E-state index contributed by atoms with van der Waals surface area (Å²) in [5.74, 6) is -0.154. The van der Waals surface area contributed by atoms with Crippen molar-refractivity contribution < 1.29 is 5.11 Å². The van der Waals surface area contributed by atoms with Crippen molar-refractivity contribution in [3.63, 3.8) is 0 Å². The summed E-state index contributed by atoms with van der Waals surface area (Å²) in [5.41, 5.74) is 0.157. The van der Waals surface area contributed by atoms with Crippen molar-refractivity contribution in [3.05, 3.63) is 51.9 Å². The van der Waals surface area contributed by atoms with Crippen LogP contribution in [-0.4, -0.2) is 14.9 Å². The zero-order valence-electron chi connectivity index (χ0n) is 7.59. The normalized spacial score (nSPS) is 10.2. The summed E-state index contributed by atoms with van der Waals surface area (Å²) in [6.07, 6.45) is 1.20. The fourth-order valence-corrected chi connectivity index (χ4v) is 1.39. The Morgan fingerprint density at radius 3 is 2.80 bits per heavy atom. The Bertz CT molecular complexity index is 551. The minimum atomic E-state index is -0.405. The Morgan fingerprint density at radius 2 is 2.13 bits per heavy atom. The monoisotopic (exact) mass is 222 g/mol. The quantitative estimate of drug-likeness (QED) is 0.797. The lowest BCUT2D eigenvalue weighted by molar-refractivity contribution is 0.467. The van der Waals surface area contributed by atoms with Crippen LogP contribution in [0.5, 0.6) is 5.75 Å². The van der Waals surface area contributed by atoms with Gasteiger partial charge in [0, 0.05) is 11.1 Å². The molecule has 5 heteroatoms. The molecule has 1 heterocycles. The number of hydrogen-bond donors (Lipinski definition) is 1. The van der Waals surface area contributed by atoms with Gasteiger partial charge in [0.1, 0.15) is 5.75 Å². The van der Waals surface area contributed by atoms with Crippen LogP contribution in [0.3, 0.4) is 0 Å². The smallest absolute Gasteiger partial charge is 0.275 e. The molecule has 0 aliphatic rings. The van der Waals surface area contributed by atoms with Crippen molar-refractivity contribution >= 4 is 11.6 Å². The maximum Gasteiger partial charge on any atom is 0.275 e. The fourth-order valence-electron chi connectivity index (χ4n) is 1.20. The van der Waals surface area contributed by atoms with Gasteiger partial charge in [0.15, 0.2) is 0 Å². The van der Waals surface area contributed by atoms with E-state index in [1.54, 1.807) is 24.3 Å². The van der Waals surface area contributed by atoms with Gasteiger partial charge in [-0.15, -0.1) is 0 Å². The van der Waals surface area contributed by atoms with E-state index in [1.165, 1.54) is 6.20 Å². The SMILES string of the molecule is O=c1cc(O)cnn1-c1cccc(Cl)c1. The summed E-state index contributed by atoms with van der Waals surface area (Å²) in [5, 5.41) is 13.3. The highest BCUT2D eigenvalue weighted by Gasteiger charge is 2.01. The van der Waals surface area contributed by atoms with Gasteiger partial charge in [-0.2, -0.15) is 9.78 Å². The van der Waals surface area contributed by atoms with Gasteiger partial charge in [0.25, 0.3) is 5.56 Å². The van der Waals surface area contributed by atoms with Crippen molar-refractivity contribution in [3.8, 4) is 11.4 Å². The maximum atomic E-state index is 11.4. The van der Waals surface area contributed by atoms with Gasteiger partial charge in [-0.1, -0.05) is 17.7 Å². The Hall–Kier alpha value is -1.81. The van der Waals surface area contributed by atoms with Crippen molar-refractivity contribution in [2.75, 3.05) is 0 Å². The standard InChI is InChI=1S/C10H7ClN2O2/c11-7-2-1-3-8(4-7)13-10(15)5-9(14)6-12-13/h1-6,14H. The number of rotatable bonds is 1. The van der Waals surface area contributed by atoms with Gasteiger partial charge in [-0.05, 0) is 18.2 Å². The van der Waals surface area contributed by atoms with Crippen molar-refractivity contribution in [2.45, 2.75) is 0 Å². The molecule has 1 aromatic heterocycles. The molecule has 76 valence electrons. The second kappa shape index (κ2) is 3.74. The zero-order chi connectivity index (χ0) is 10.8. The molecular formula is C10H7ClN2O2. The second-order valence-corrected chi connectivity index (χ2v) is 3.38. The molecule has 0 amide bonds. The predicted octanol–water partition coefficient (Wildman–Crippen LogP) is 1.59. The molecule has 0 radical (unpaired) electrons. The average Bonchev–Trinajstić information content (AvgIpc) is 2.17. The van der Waals surface area contributed by atoms with E-state index < -0.39 is 5.56 Å². The number of halogens is 1. The molecule has 0 bridgehead atoms. The molecule has 0 aliphatic heterocycles. The molecular weight excluding hydrogens is 216 g/mol. The van der Waals surface area contributed by atoms with Crippen LogP contribution in [0.2, 0.25) is 5.02 Å². The van der Waals surface area contributed by atoms with E-state index in [0.29, 0.717) is 10.7 Å². The third-order valence-corrected chi connectivity index (χ3v) is 2.07. The van der Waals surface area contributed by atoms with Crippen LogP contribution in [0.15, 0.2) is 41.3 Å². The van der Waals surface area contributed by atoms with Crippen molar-refractivity contribution in [2.24, 2.45) is 0 Å². The maximum absolute atomic E-state index is 11.4. The fraction of sp³-hybridized carbons (Fsp3) is 0. The molecule has 0 saturated carbocycles. The van der Waals surface area contributed by atoms with E-state index in [9.17, 15) is 4.79 Å². The minimum Gasteiger partial charge on any atom is -0.506 e. The van der Waals surface area contributed by atoms with Crippen molar-refractivity contribution in [1.29, 1.82) is 0 Å². The molecule has 2 rings (SSSR count). The van der Waals surface area contributed by atoms with Crippen LogP contribution in [0, 0.1) is 0 Å². The molecule has 1 aromatic carbocycles. The molecule has 0 atom stereocenters. The summed E-state index contributed by atoms with van der Waals surface area (Å²) < 4.78 is 1.16. The van der Waals surface area contributed by atoms with Crippen molar-refractivity contribution in [1.82, 2.24) is 9.78 Å². The van der Waals surface area contributed by atoms with Gasteiger partial charge in [0.2, 0.25) is 0 Å². The van der Waals surface area contributed by atoms with Gasteiger partial charge in [0.05, 0.1) is 11.9 Å². The van der Waals surface area contributed by atoms with E-state index in [4.69, 9.17) is 16.7 Å². The Labute approximate surface area is 90.4 Å². The Morgan fingerprint density at radius 1 is 1.33 bits per heavy atom. The van der Waals surface area contributed by atoms with E-state index >= 15 is 0 Å². The van der Waals surface area contributed by atoms with Gasteiger partial charge in [-0.3, -0.25) is 4.79 Å². The lowest BCUT2D eigenvalue weighted by Gasteiger charge is -2.03. The van der Waals surface area contributed by atoms with E-state index in [0.717, 1.165) is 10.7 Å². The molecule has 0 unspecified atom stereocenters. The molecule has 4 nitrogen and oxygen atoms in total. The first-order valence-electron chi connectivity index (χ1n) is 4.21. The summed E-state index contributed by atoms with van der Waals surface area (Å²) in [7, 11) is 0. The first-order chi connectivity index (χ1) is 7.16. The van der Waals surface area contributed by atoms with Crippen LogP contribution in [0.1, 0.15) is 0 Å². The number of nitrogens with zero attached hydrogens (tertiary/aromatic N) is 2. The third kappa shape index (κ3) is 1.99. The highest BCUT2D eigenvalue weighted by molar-refractivity contribution is 6.30. The van der Waals surface area contributed by atoms with Gasteiger partial charge in [-0.25, -0.2) is 0 Å². The number of hydrogen-bond acceptors (Lipinski definition) is 3. The largest absolute Gasteiger partial charge is 0.506 e. The molecule has 0 saturated heterocycles. The highest BCUT2D eigenvalue weighted by atomic mass is 35.5. The predicted molar refractivity (Wildman–Crippen MR) is 56.5 cm³/mol. The average molecular weight is 223 g/mol. The first kappa shape index (κ1) is 9.73. The topological polar surface area (TPSA) is 55.1 Å². The number of aromatic nitrogens is 2. The van der Waals surface area contributed by atoms with Crippen LogP contribution >= 0.6 is 11.6 Å². The first-order valence-corrected chi connectivity index (χ1v) is 4.59. The minimum absolute atomic E-state index is 0.154. The van der Waals surface area contributed by atoms with Gasteiger partial charge >= 0.3 is 0 Å². The summed E-state index contributed by atoms with van der Waals surface area (Å²) in [6.45, 7) is 0. The van der Waals surface area contributed by atoms with E-state index in [2.05, 4.69) is 5.10 Å². The highest BCUT2D eigenvalue weighted by Crippen LogP contribution is 2.12. The third-order valence-electron chi connectivity index (χ3n) is 1.84. The second-order valence-electron chi connectivity index (χ2n) is 2.94. The lowest BCUT2D eigenvalue weighted by Crippen LogP contribution is -2.19. The van der Waals surface area contributed by atoms with Crippen LogP contribution in [0.25, 0.3) is 5.69 Å². The molecule has 1 N–H and O–H groups in total. The van der Waals surface area contributed by atoms with Gasteiger partial charge < -0.3 is 5.11 Å². The summed E-state index contributed by atoms with van der Waals surface area (Å²) >= 11 is 5.79. The zero-order valence-corrected chi connectivity index (χ0v) is 8.35. The number of benzene rings is 1. The molecule has 0 fully saturated rings. The molecule has 0 aliphatic carbocycles. The molecule has 15 heavy (non-hydrogen) atoms. The number of aromatic hydroxyl groups is 1. The molecule has 2 aromatic rings. The Kier molecular flexibility index (Phi) is 2.43. The Balaban J connectivity index is 2.59.